The number of ether oxygens (including phenoxy) is 1. The Hall–Kier alpha value is -2.11. The van der Waals surface area contributed by atoms with Crippen LogP contribution in [0.4, 0.5) is 5.82 Å². The predicted octanol–water partition coefficient (Wildman–Crippen LogP) is 1.66. The Balaban J connectivity index is 2.31. The topological polar surface area (TPSA) is 64.9 Å². The zero-order valence-electron chi connectivity index (χ0n) is 10.4. The van der Waals surface area contributed by atoms with Crippen molar-refractivity contribution < 1.29 is 4.74 Å². The van der Waals surface area contributed by atoms with Crippen LogP contribution in [-0.4, -0.2) is 26.8 Å². The van der Waals surface area contributed by atoms with Gasteiger partial charge >= 0.3 is 0 Å². The van der Waals surface area contributed by atoms with Crippen LogP contribution in [-0.2, 0) is 7.05 Å². The van der Waals surface area contributed by atoms with Crippen molar-refractivity contribution in [2.75, 3.05) is 12.4 Å². The monoisotopic (exact) mass is 233 g/mol. The number of nitrogens with zero attached hydrogens (tertiary/aromatic N) is 4. The van der Waals surface area contributed by atoms with Gasteiger partial charge in [-0.15, -0.1) is 0 Å². The van der Waals surface area contributed by atoms with Crippen LogP contribution in [0.5, 0.6) is 11.6 Å². The van der Waals surface area contributed by atoms with Crippen molar-refractivity contribution in [1.82, 2.24) is 19.7 Å². The van der Waals surface area contributed by atoms with E-state index in [0.29, 0.717) is 11.7 Å². The van der Waals surface area contributed by atoms with Crippen molar-refractivity contribution in [1.29, 1.82) is 0 Å². The quantitative estimate of drug-likeness (QED) is 0.873. The molecule has 0 saturated carbocycles. The molecule has 1 N–H and O–H groups in total. The fraction of sp³-hybridized carbons (Fsp3) is 0.364. The van der Waals surface area contributed by atoms with Crippen molar-refractivity contribution in [3.63, 3.8) is 0 Å². The standard InChI is InChI=1S/C11H15N5O/c1-7-11(8(2)16(4)15-7)17-10-5-9(12-3)13-6-14-10/h5-6H,1-4H3,(H,12,13,14). The van der Waals surface area contributed by atoms with Gasteiger partial charge in [0, 0.05) is 20.2 Å². The van der Waals surface area contributed by atoms with Crippen LogP contribution in [0.2, 0.25) is 0 Å². The molecule has 0 aliphatic carbocycles. The lowest BCUT2D eigenvalue weighted by Gasteiger charge is -2.05. The minimum absolute atomic E-state index is 0.503. The van der Waals surface area contributed by atoms with Gasteiger partial charge in [0.1, 0.15) is 17.8 Å². The molecule has 2 rings (SSSR count). The second-order valence-corrected chi connectivity index (χ2v) is 3.72. The molecule has 0 radical (unpaired) electrons. The summed E-state index contributed by atoms with van der Waals surface area (Å²) in [5.41, 5.74) is 1.81. The van der Waals surface area contributed by atoms with Crippen LogP contribution >= 0.6 is 0 Å². The minimum Gasteiger partial charge on any atom is -0.435 e. The highest BCUT2D eigenvalue weighted by atomic mass is 16.5. The fourth-order valence-electron chi connectivity index (χ4n) is 1.54. The Morgan fingerprint density at radius 1 is 1.29 bits per heavy atom. The van der Waals surface area contributed by atoms with Crippen LogP contribution in [0.15, 0.2) is 12.4 Å². The first-order chi connectivity index (χ1) is 8.11. The molecule has 0 atom stereocenters. The first kappa shape index (κ1) is 11.4. The number of aryl methyl sites for hydroxylation is 2. The van der Waals surface area contributed by atoms with Gasteiger partial charge in [-0.25, -0.2) is 9.97 Å². The first-order valence-corrected chi connectivity index (χ1v) is 5.29. The Kier molecular flexibility index (Phi) is 2.95. The molecule has 6 heteroatoms. The van der Waals surface area contributed by atoms with Crippen molar-refractivity contribution in [3.8, 4) is 11.6 Å². The van der Waals surface area contributed by atoms with Gasteiger partial charge in [-0.2, -0.15) is 5.10 Å². The third kappa shape index (κ3) is 2.20. The summed E-state index contributed by atoms with van der Waals surface area (Å²) in [7, 11) is 3.68. The second-order valence-electron chi connectivity index (χ2n) is 3.72. The third-order valence-corrected chi connectivity index (χ3v) is 2.55. The minimum atomic E-state index is 0.503. The Morgan fingerprint density at radius 3 is 2.65 bits per heavy atom. The summed E-state index contributed by atoms with van der Waals surface area (Å²) in [6.07, 6.45) is 1.46. The molecule has 90 valence electrons. The van der Waals surface area contributed by atoms with E-state index in [-0.39, 0.29) is 0 Å². The second kappa shape index (κ2) is 4.40. The molecular weight excluding hydrogens is 218 g/mol. The number of nitrogens with one attached hydrogen (secondary N) is 1. The van der Waals surface area contributed by atoms with E-state index in [1.165, 1.54) is 6.33 Å². The van der Waals surface area contributed by atoms with E-state index in [9.17, 15) is 0 Å². The lowest BCUT2D eigenvalue weighted by atomic mass is 10.3. The van der Waals surface area contributed by atoms with Crippen molar-refractivity contribution >= 4 is 5.82 Å². The van der Waals surface area contributed by atoms with Crippen LogP contribution in [0.3, 0.4) is 0 Å². The molecule has 0 amide bonds. The molecule has 0 fully saturated rings. The third-order valence-electron chi connectivity index (χ3n) is 2.55. The van der Waals surface area contributed by atoms with Crippen LogP contribution < -0.4 is 10.1 Å². The molecule has 0 aliphatic heterocycles. The largest absolute Gasteiger partial charge is 0.435 e. The Labute approximate surface area is 99.7 Å². The lowest BCUT2D eigenvalue weighted by Crippen LogP contribution is -1.96. The molecule has 0 spiro atoms. The highest BCUT2D eigenvalue weighted by molar-refractivity contribution is 5.40. The van der Waals surface area contributed by atoms with E-state index < -0.39 is 0 Å². The molecule has 2 aromatic heterocycles. The SMILES string of the molecule is CNc1cc(Oc2c(C)nn(C)c2C)ncn1. The Bertz CT molecular complexity index is 535. The van der Waals surface area contributed by atoms with Gasteiger partial charge in [0.2, 0.25) is 5.88 Å². The maximum absolute atomic E-state index is 5.73. The smallest absolute Gasteiger partial charge is 0.224 e. The molecule has 0 aromatic carbocycles. The van der Waals surface area contributed by atoms with Crippen LogP contribution in [0.1, 0.15) is 11.4 Å². The van der Waals surface area contributed by atoms with Crippen molar-refractivity contribution in [3.05, 3.63) is 23.8 Å². The molecular formula is C11H15N5O. The van der Waals surface area contributed by atoms with Gasteiger partial charge < -0.3 is 10.1 Å². The van der Waals surface area contributed by atoms with Gasteiger partial charge in [-0.05, 0) is 13.8 Å². The zero-order valence-corrected chi connectivity index (χ0v) is 10.4. The summed E-state index contributed by atoms with van der Waals surface area (Å²) in [6, 6.07) is 1.74. The van der Waals surface area contributed by atoms with Gasteiger partial charge in [-0.1, -0.05) is 0 Å². The predicted molar refractivity (Wildman–Crippen MR) is 64.3 cm³/mol. The summed E-state index contributed by atoms with van der Waals surface area (Å²) in [5, 5.41) is 7.22. The molecule has 2 aromatic rings. The number of rotatable bonds is 3. The average molecular weight is 233 g/mol. The van der Waals surface area contributed by atoms with Gasteiger partial charge in [-0.3, -0.25) is 4.68 Å². The molecule has 6 nitrogen and oxygen atoms in total. The van der Waals surface area contributed by atoms with E-state index >= 15 is 0 Å². The average Bonchev–Trinajstić information content (AvgIpc) is 2.56. The van der Waals surface area contributed by atoms with Gasteiger partial charge in [0.05, 0.1) is 5.69 Å². The van der Waals surface area contributed by atoms with E-state index in [2.05, 4.69) is 20.4 Å². The highest BCUT2D eigenvalue weighted by Crippen LogP contribution is 2.27. The van der Waals surface area contributed by atoms with Crippen LogP contribution in [0, 0.1) is 13.8 Å². The normalized spacial score (nSPS) is 10.4. The van der Waals surface area contributed by atoms with E-state index in [1.807, 2.05) is 20.9 Å². The van der Waals surface area contributed by atoms with Gasteiger partial charge in [0.15, 0.2) is 5.75 Å². The van der Waals surface area contributed by atoms with Crippen molar-refractivity contribution in [2.45, 2.75) is 13.8 Å². The fourth-order valence-corrected chi connectivity index (χ4v) is 1.54. The number of hydrogen-bond donors (Lipinski definition) is 1. The molecule has 0 saturated heterocycles. The van der Waals surface area contributed by atoms with Crippen molar-refractivity contribution in [2.24, 2.45) is 7.05 Å². The van der Waals surface area contributed by atoms with E-state index in [1.54, 1.807) is 17.8 Å². The molecule has 17 heavy (non-hydrogen) atoms. The number of hydrogen-bond acceptors (Lipinski definition) is 5. The molecule has 2 heterocycles. The maximum Gasteiger partial charge on any atom is 0.224 e. The number of anilines is 1. The first-order valence-electron chi connectivity index (χ1n) is 5.29. The molecule has 0 aliphatic rings. The number of aromatic nitrogens is 4. The van der Waals surface area contributed by atoms with E-state index in [0.717, 1.165) is 17.1 Å². The van der Waals surface area contributed by atoms with Crippen LogP contribution in [0.25, 0.3) is 0 Å². The molecule has 0 unspecified atom stereocenters. The van der Waals surface area contributed by atoms with Gasteiger partial charge in [0.25, 0.3) is 0 Å². The maximum atomic E-state index is 5.73. The lowest BCUT2D eigenvalue weighted by molar-refractivity contribution is 0.454. The summed E-state index contributed by atoms with van der Waals surface area (Å²) < 4.78 is 7.51. The summed E-state index contributed by atoms with van der Waals surface area (Å²) >= 11 is 0. The summed E-state index contributed by atoms with van der Waals surface area (Å²) in [4.78, 5) is 8.09. The summed E-state index contributed by atoms with van der Waals surface area (Å²) in [6.45, 7) is 3.86. The highest BCUT2D eigenvalue weighted by Gasteiger charge is 2.12. The molecule has 0 bridgehead atoms. The summed E-state index contributed by atoms with van der Waals surface area (Å²) in [5.74, 6) is 1.96. The van der Waals surface area contributed by atoms with E-state index in [4.69, 9.17) is 4.74 Å². The zero-order chi connectivity index (χ0) is 12.4. The Morgan fingerprint density at radius 2 is 2.06 bits per heavy atom.